The smallest absolute Gasteiger partial charge is 0.382 e. The molecule has 11 heteroatoms. The van der Waals surface area contributed by atoms with Crippen molar-refractivity contribution in [1.29, 1.82) is 0 Å². The van der Waals surface area contributed by atoms with Crippen LogP contribution >= 0.6 is 0 Å². The molecule has 1 aliphatic rings. The van der Waals surface area contributed by atoms with Crippen molar-refractivity contribution in [3.63, 3.8) is 0 Å². The van der Waals surface area contributed by atoms with E-state index in [4.69, 9.17) is 4.74 Å². The molecular formula is C28H24F9NO. The predicted molar refractivity (Wildman–Crippen MR) is 127 cm³/mol. The van der Waals surface area contributed by atoms with Crippen LogP contribution in [0, 0.1) is 0 Å². The minimum atomic E-state index is -5.02. The number of alkyl halides is 9. The summed E-state index contributed by atoms with van der Waals surface area (Å²) in [5.41, 5.74) is -2.63. The molecule has 0 saturated carbocycles. The fourth-order valence-electron chi connectivity index (χ4n) is 4.75. The van der Waals surface area contributed by atoms with Gasteiger partial charge in [0, 0.05) is 18.3 Å². The number of hydrogen-bond acceptors (Lipinski definition) is 2. The van der Waals surface area contributed by atoms with Gasteiger partial charge in [-0.1, -0.05) is 30.3 Å². The van der Waals surface area contributed by atoms with E-state index in [-0.39, 0.29) is 42.7 Å². The highest BCUT2D eigenvalue weighted by Gasteiger charge is 2.38. The van der Waals surface area contributed by atoms with Crippen LogP contribution in [0.5, 0.6) is 0 Å². The molecular weight excluding hydrogens is 537 g/mol. The molecule has 0 bridgehead atoms. The van der Waals surface area contributed by atoms with E-state index in [2.05, 4.69) is 5.32 Å². The summed E-state index contributed by atoms with van der Waals surface area (Å²) < 4.78 is 126. The summed E-state index contributed by atoms with van der Waals surface area (Å²) >= 11 is 0. The van der Waals surface area contributed by atoms with E-state index in [1.54, 1.807) is 0 Å². The SMILES string of the molecule is FC(F)(F)c1cc(CC2CC(CCOCc3ccccc3)Nc3ccc(C(F)(F)F)cc32)cc(C(F)(F)F)c1. The number of hydrogen-bond donors (Lipinski definition) is 1. The Morgan fingerprint density at radius 2 is 1.31 bits per heavy atom. The van der Waals surface area contributed by atoms with Gasteiger partial charge >= 0.3 is 18.5 Å². The number of halogens is 9. The Balaban J connectivity index is 1.60. The highest BCUT2D eigenvalue weighted by molar-refractivity contribution is 5.58. The quantitative estimate of drug-likeness (QED) is 0.230. The number of benzene rings is 3. The van der Waals surface area contributed by atoms with Gasteiger partial charge in [0.15, 0.2) is 0 Å². The zero-order valence-corrected chi connectivity index (χ0v) is 20.4. The van der Waals surface area contributed by atoms with Gasteiger partial charge in [0.25, 0.3) is 0 Å². The van der Waals surface area contributed by atoms with Gasteiger partial charge in [-0.2, -0.15) is 39.5 Å². The van der Waals surface area contributed by atoms with Crippen molar-refractivity contribution in [3.8, 4) is 0 Å². The van der Waals surface area contributed by atoms with Crippen molar-refractivity contribution in [3.05, 3.63) is 100 Å². The molecule has 2 atom stereocenters. The fraction of sp³-hybridized carbons (Fsp3) is 0.357. The molecule has 0 aliphatic carbocycles. The van der Waals surface area contributed by atoms with Gasteiger partial charge in [0.2, 0.25) is 0 Å². The first-order chi connectivity index (χ1) is 18.2. The molecule has 0 aromatic heterocycles. The van der Waals surface area contributed by atoms with Crippen molar-refractivity contribution in [2.45, 2.75) is 56.4 Å². The molecule has 3 aromatic rings. The maximum Gasteiger partial charge on any atom is 0.416 e. The summed E-state index contributed by atoms with van der Waals surface area (Å²) in [6.07, 6.45) is -14.4. The van der Waals surface area contributed by atoms with Crippen LogP contribution in [0.15, 0.2) is 66.7 Å². The summed E-state index contributed by atoms with van der Waals surface area (Å²) in [5.74, 6) is -0.757. The van der Waals surface area contributed by atoms with Gasteiger partial charge in [-0.25, -0.2) is 0 Å². The summed E-state index contributed by atoms with van der Waals surface area (Å²) in [7, 11) is 0. The molecule has 1 heterocycles. The van der Waals surface area contributed by atoms with Gasteiger partial charge in [-0.05, 0) is 78.3 Å². The van der Waals surface area contributed by atoms with Gasteiger partial charge in [0.05, 0.1) is 23.3 Å². The van der Waals surface area contributed by atoms with Crippen LogP contribution in [0.3, 0.4) is 0 Å². The first-order valence-corrected chi connectivity index (χ1v) is 12.1. The zero-order chi connectivity index (χ0) is 28.4. The molecule has 1 aliphatic heterocycles. The lowest BCUT2D eigenvalue weighted by atomic mass is 9.81. The van der Waals surface area contributed by atoms with Crippen LogP contribution in [0.25, 0.3) is 0 Å². The van der Waals surface area contributed by atoms with E-state index in [9.17, 15) is 39.5 Å². The molecule has 210 valence electrons. The highest BCUT2D eigenvalue weighted by atomic mass is 19.4. The second-order valence-electron chi connectivity index (χ2n) is 9.52. The van der Waals surface area contributed by atoms with Crippen molar-refractivity contribution in [2.75, 3.05) is 11.9 Å². The van der Waals surface area contributed by atoms with Crippen molar-refractivity contribution >= 4 is 5.69 Å². The number of rotatable bonds is 7. The summed E-state index contributed by atoms with van der Waals surface area (Å²) in [6.45, 7) is 0.629. The van der Waals surface area contributed by atoms with E-state index in [0.29, 0.717) is 30.8 Å². The fourth-order valence-corrected chi connectivity index (χ4v) is 4.75. The molecule has 0 fully saturated rings. The van der Waals surface area contributed by atoms with E-state index in [1.165, 1.54) is 6.07 Å². The van der Waals surface area contributed by atoms with Crippen molar-refractivity contribution < 1.29 is 44.3 Å². The molecule has 0 radical (unpaired) electrons. The average Bonchev–Trinajstić information content (AvgIpc) is 2.85. The van der Waals surface area contributed by atoms with E-state index >= 15 is 0 Å². The number of ether oxygens (including phenoxy) is 1. The highest BCUT2D eigenvalue weighted by Crippen LogP contribution is 2.42. The summed E-state index contributed by atoms with van der Waals surface area (Å²) in [6, 6.07) is 13.4. The Kier molecular flexibility index (Phi) is 8.20. The first kappa shape index (κ1) is 28.8. The third kappa shape index (κ3) is 7.46. The summed E-state index contributed by atoms with van der Waals surface area (Å²) in [5, 5.41) is 3.15. The third-order valence-corrected chi connectivity index (χ3v) is 6.60. The molecule has 0 spiro atoms. The van der Waals surface area contributed by atoms with Crippen LogP contribution in [-0.4, -0.2) is 12.6 Å². The Hall–Kier alpha value is -3.21. The lowest BCUT2D eigenvalue weighted by Crippen LogP contribution is -2.30. The van der Waals surface area contributed by atoms with Crippen LogP contribution < -0.4 is 5.32 Å². The second kappa shape index (κ2) is 11.1. The Morgan fingerprint density at radius 1 is 0.692 bits per heavy atom. The monoisotopic (exact) mass is 561 g/mol. The average molecular weight is 561 g/mol. The standard InChI is InChI=1S/C28H24F9NO/c29-26(30,31)20-6-7-25-24(15-20)19(13-23(38-25)8-9-39-16-17-4-2-1-3-5-17)10-18-11-21(27(32,33)34)14-22(12-18)28(35,36)37/h1-7,11-12,14-15,19,23,38H,8-10,13,16H2. The molecule has 39 heavy (non-hydrogen) atoms. The van der Waals surface area contributed by atoms with Gasteiger partial charge < -0.3 is 10.1 Å². The Morgan fingerprint density at radius 3 is 1.90 bits per heavy atom. The van der Waals surface area contributed by atoms with Crippen molar-refractivity contribution in [1.82, 2.24) is 0 Å². The maximum atomic E-state index is 13.4. The number of fused-ring (bicyclic) bond motifs is 1. The maximum absolute atomic E-state index is 13.4. The van der Waals surface area contributed by atoms with E-state index in [0.717, 1.165) is 17.7 Å². The lowest BCUT2D eigenvalue weighted by molar-refractivity contribution is -0.143. The van der Waals surface area contributed by atoms with Crippen molar-refractivity contribution in [2.24, 2.45) is 0 Å². The van der Waals surface area contributed by atoms with Gasteiger partial charge in [0.1, 0.15) is 0 Å². The Bertz CT molecular complexity index is 1230. The topological polar surface area (TPSA) is 21.3 Å². The van der Waals surface area contributed by atoms with E-state index < -0.39 is 41.1 Å². The van der Waals surface area contributed by atoms with Crippen LogP contribution in [-0.2, 0) is 36.3 Å². The normalized spacial score (nSPS) is 18.0. The minimum absolute atomic E-state index is 0.0362. The van der Waals surface area contributed by atoms with Crippen LogP contribution in [0.1, 0.15) is 52.1 Å². The molecule has 0 saturated heterocycles. The molecule has 2 unspecified atom stereocenters. The molecule has 1 N–H and O–H groups in total. The molecule has 2 nitrogen and oxygen atoms in total. The molecule has 0 amide bonds. The first-order valence-electron chi connectivity index (χ1n) is 12.1. The zero-order valence-electron chi connectivity index (χ0n) is 20.4. The molecule has 4 rings (SSSR count). The van der Waals surface area contributed by atoms with Crippen LogP contribution in [0.2, 0.25) is 0 Å². The third-order valence-electron chi connectivity index (χ3n) is 6.60. The number of anilines is 1. The van der Waals surface area contributed by atoms with E-state index in [1.807, 2.05) is 30.3 Å². The van der Waals surface area contributed by atoms with Gasteiger partial charge in [-0.15, -0.1) is 0 Å². The molecule has 3 aromatic carbocycles. The minimum Gasteiger partial charge on any atom is -0.382 e. The van der Waals surface area contributed by atoms with Gasteiger partial charge in [-0.3, -0.25) is 0 Å². The predicted octanol–water partition coefficient (Wildman–Crippen LogP) is 8.86. The largest absolute Gasteiger partial charge is 0.416 e. The Labute approximate surface area is 218 Å². The summed E-state index contributed by atoms with van der Waals surface area (Å²) in [4.78, 5) is 0. The lowest BCUT2D eigenvalue weighted by Gasteiger charge is -2.34. The second-order valence-corrected chi connectivity index (χ2v) is 9.52. The number of nitrogens with one attached hydrogen (secondary N) is 1. The van der Waals surface area contributed by atoms with Crippen LogP contribution in [0.4, 0.5) is 45.2 Å².